The Labute approximate surface area is 158 Å². The van der Waals surface area contributed by atoms with Crippen molar-refractivity contribution >= 4 is 21.9 Å². The molecule has 0 saturated carbocycles. The average Bonchev–Trinajstić information content (AvgIpc) is 2.65. The number of benzene rings is 1. The summed E-state index contributed by atoms with van der Waals surface area (Å²) in [4.78, 5) is 16.4. The fraction of sp³-hybridized carbons (Fsp3) is 0.438. The molecule has 11 heteroatoms. The van der Waals surface area contributed by atoms with Gasteiger partial charge in [-0.05, 0) is 12.1 Å². The van der Waals surface area contributed by atoms with Gasteiger partial charge in [-0.3, -0.25) is 0 Å². The first-order valence-corrected chi connectivity index (χ1v) is 9.73. The van der Waals surface area contributed by atoms with Crippen LogP contribution in [-0.4, -0.2) is 64.8 Å². The van der Waals surface area contributed by atoms with Gasteiger partial charge in [-0.2, -0.15) is 15.0 Å². The van der Waals surface area contributed by atoms with Gasteiger partial charge in [0.1, 0.15) is 13.2 Å². The molecule has 0 radical (unpaired) electrons. The molecular weight excluding hydrogens is 372 g/mol. The van der Waals surface area contributed by atoms with Crippen LogP contribution in [0, 0.1) is 0 Å². The summed E-state index contributed by atoms with van der Waals surface area (Å²) in [6.45, 7) is 0.759. The molecule has 1 aliphatic heterocycles. The van der Waals surface area contributed by atoms with Crippen LogP contribution in [0.25, 0.3) is 0 Å². The van der Waals surface area contributed by atoms with E-state index in [-0.39, 0.29) is 11.4 Å². The lowest BCUT2D eigenvalue weighted by atomic mass is 10.3. The highest BCUT2D eigenvalue weighted by atomic mass is 32.2. The zero-order chi connectivity index (χ0) is 19.6. The largest absolute Gasteiger partial charge is 0.486 e. The maximum atomic E-state index is 12.6. The molecule has 3 rings (SSSR count). The minimum atomic E-state index is -3.77. The van der Waals surface area contributed by atoms with Crippen molar-refractivity contribution < 1.29 is 17.9 Å². The van der Waals surface area contributed by atoms with E-state index >= 15 is 0 Å². The van der Waals surface area contributed by atoms with E-state index in [1.807, 2.05) is 0 Å². The van der Waals surface area contributed by atoms with Crippen molar-refractivity contribution in [1.29, 1.82) is 0 Å². The van der Waals surface area contributed by atoms with Gasteiger partial charge < -0.3 is 19.3 Å². The van der Waals surface area contributed by atoms with Crippen molar-refractivity contribution in [3.05, 3.63) is 24.0 Å². The molecule has 1 aromatic heterocycles. The fourth-order valence-corrected chi connectivity index (χ4v) is 3.30. The van der Waals surface area contributed by atoms with Crippen LogP contribution < -0.4 is 24.0 Å². The van der Waals surface area contributed by atoms with Crippen molar-refractivity contribution in [3.63, 3.8) is 0 Å². The van der Waals surface area contributed by atoms with E-state index in [0.717, 1.165) is 0 Å². The van der Waals surface area contributed by atoms with Crippen molar-refractivity contribution in [2.24, 2.45) is 0 Å². The van der Waals surface area contributed by atoms with Crippen LogP contribution >= 0.6 is 0 Å². The molecule has 1 aromatic carbocycles. The Bertz CT molecular complexity index is 906. The van der Waals surface area contributed by atoms with Crippen molar-refractivity contribution in [2.45, 2.75) is 11.4 Å². The van der Waals surface area contributed by atoms with Crippen LogP contribution in [-0.2, 0) is 16.6 Å². The van der Waals surface area contributed by atoms with E-state index in [0.29, 0.717) is 42.4 Å². The first-order valence-electron chi connectivity index (χ1n) is 8.25. The Morgan fingerprint density at radius 3 is 2.15 bits per heavy atom. The molecule has 0 unspecified atom stereocenters. The quantitative estimate of drug-likeness (QED) is 0.737. The second-order valence-electron chi connectivity index (χ2n) is 6.27. The molecule has 0 aliphatic carbocycles. The van der Waals surface area contributed by atoms with E-state index in [1.54, 1.807) is 44.1 Å². The summed E-state index contributed by atoms with van der Waals surface area (Å²) in [6.07, 6.45) is 0. The standard InChI is InChI=1S/C16H22N6O4S/c1-21(2)15-18-14(19-16(20-15)22(3)4)10-17-27(23,24)11-5-6-12-13(9-11)26-8-7-25-12/h5-6,9,17H,7-8,10H2,1-4H3. The lowest BCUT2D eigenvalue weighted by Crippen LogP contribution is -2.26. The average molecular weight is 394 g/mol. The zero-order valence-electron chi connectivity index (χ0n) is 15.6. The second kappa shape index (κ2) is 7.53. The predicted octanol–water partition coefficient (Wildman–Crippen LogP) is 0.253. The minimum Gasteiger partial charge on any atom is -0.486 e. The van der Waals surface area contributed by atoms with Crippen LogP contribution in [0.2, 0.25) is 0 Å². The summed E-state index contributed by atoms with van der Waals surface area (Å²) >= 11 is 0. The summed E-state index contributed by atoms with van der Waals surface area (Å²) in [6, 6.07) is 4.50. The Hall–Kier alpha value is -2.66. The lowest BCUT2D eigenvalue weighted by molar-refractivity contribution is 0.171. The predicted molar refractivity (Wildman–Crippen MR) is 99.9 cm³/mol. The highest BCUT2D eigenvalue weighted by molar-refractivity contribution is 7.89. The van der Waals surface area contributed by atoms with Crippen molar-refractivity contribution in [3.8, 4) is 11.5 Å². The van der Waals surface area contributed by atoms with Crippen LogP contribution in [0.5, 0.6) is 11.5 Å². The Morgan fingerprint density at radius 2 is 1.56 bits per heavy atom. The number of rotatable bonds is 6. The molecule has 0 saturated heterocycles. The molecule has 0 amide bonds. The van der Waals surface area contributed by atoms with E-state index in [9.17, 15) is 8.42 Å². The number of nitrogens with one attached hydrogen (secondary N) is 1. The molecule has 146 valence electrons. The van der Waals surface area contributed by atoms with Gasteiger partial charge in [-0.15, -0.1) is 0 Å². The Balaban J connectivity index is 1.81. The SMILES string of the molecule is CN(C)c1nc(CNS(=O)(=O)c2ccc3c(c2)OCCO3)nc(N(C)C)n1. The second-order valence-corrected chi connectivity index (χ2v) is 8.04. The number of anilines is 2. The molecular formula is C16H22N6O4S. The Morgan fingerprint density at radius 1 is 0.963 bits per heavy atom. The third-order valence-corrected chi connectivity index (χ3v) is 5.10. The van der Waals surface area contributed by atoms with Gasteiger partial charge in [0.25, 0.3) is 0 Å². The number of sulfonamides is 1. The van der Waals surface area contributed by atoms with E-state index in [1.165, 1.54) is 12.1 Å². The summed E-state index contributed by atoms with van der Waals surface area (Å²) in [5.74, 6) is 2.15. The zero-order valence-corrected chi connectivity index (χ0v) is 16.4. The van der Waals surface area contributed by atoms with Gasteiger partial charge in [0, 0.05) is 34.3 Å². The van der Waals surface area contributed by atoms with Gasteiger partial charge in [-0.25, -0.2) is 13.1 Å². The summed E-state index contributed by atoms with van der Waals surface area (Å²) in [5.41, 5.74) is 0. The summed E-state index contributed by atoms with van der Waals surface area (Å²) < 4.78 is 38.6. The smallest absolute Gasteiger partial charge is 0.241 e. The lowest BCUT2D eigenvalue weighted by Gasteiger charge is -2.19. The summed E-state index contributed by atoms with van der Waals surface area (Å²) in [5, 5.41) is 0. The van der Waals surface area contributed by atoms with Gasteiger partial charge in [-0.1, -0.05) is 0 Å². The van der Waals surface area contributed by atoms with Gasteiger partial charge >= 0.3 is 0 Å². The molecule has 1 N–H and O–H groups in total. The van der Waals surface area contributed by atoms with E-state index in [2.05, 4.69) is 19.7 Å². The molecule has 0 spiro atoms. The van der Waals surface area contributed by atoms with Crippen molar-refractivity contribution in [1.82, 2.24) is 19.7 Å². The number of aromatic nitrogens is 3. The number of fused-ring (bicyclic) bond motifs is 1. The molecule has 0 fully saturated rings. The number of hydrogen-bond donors (Lipinski definition) is 1. The first-order chi connectivity index (χ1) is 12.8. The molecule has 2 aromatic rings. The third kappa shape index (κ3) is 4.37. The van der Waals surface area contributed by atoms with Crippen LogP contribution in [0.4, 0.5) is 11.9 Å². The van der Waals surface area contributed by atoms with Crippen molar-refractivity contribution in [2.75, 3.05) is 51.2 Å². The maximum absolute atomic E-state index is 12.6. The molecule has 1 aliphatic rings. The normalized spacial score (nSPS) is 13.3. The van der Waals surface area contributed by atoms with Gasteiger partial charge in [0.05, 0.1) is 11.4 Å². The molecule has 27 heavy (non-hydrogen) atoms. The van der Waals surface area contributed by atoms with Crippen LogP contribution in [0.1, 0.15) is 5.82 Å². The minimum absolute atomic E-state index is 0.0685. The highest BCUT2D eigenvalue weighted by Gasteiger charge is 2.20. The van der Waals surface area contributed by atoms with Gasteiger partial charge in [0.15, 0.2) is 17.3 Å². The van der Waals surface area contributed by atoms with E-state index < -0.39 is 10.0 Å². The third-order valence-electron chi connectivity index (χ3n) is 3.70. The van der Waals surface area contributed by atoms with E-state index in [4.69, 9.17) is 9.47 Å². The molecule has 2 heterocycles. The van der Waals surface area contributed by atoms with Crippen LogP contribution in [0.3, 0.4) is 0 Å². The van der Waals surface area contributed by atoms with Crippen LogP contribution in [0.15, 0.2) is 23.1 Å². The number of nitrogens with zero attached hydrogens (tertiary/aromatic N) is 5. The monoisotopic (exact) mass is 394 g/mol. The van der Waals surface area contributed by atoms with Gasteiger partial charge in [0.2, 0.25) is 21.9 Å². The first kappa shape index (κ1) is 19.1. The highest BCUT2D eigenvalue weighted by Crippen LogP contribution is 2.32. The number of hydrogen-bond acceptors (Lipinski definition) is 9. The number of ether oxygens (including phenoxy) is 2. The molecule has 0 bridgehead atoms. The summed E-state index contributed by atoms with van der Waals surface area (Å²) in [7, 11) is 3.44. The fourth-order valence-electron chi connectivity index (χ4n) is 2.31. The topological polar surface area (TPSA) is 110 Å². The molecule has 10 nitrogen and oxygen atoms in total. The molecule has 0 atom stereocenters. The maximum Gasteiger partial charge on any atom is 0.241 e. The Kier molecular flexibility index (Phi) is 5.33.